The Bertz CT molecular complexity index is 98.7. The second kappa shape index (κ2) is 3.24. The zero-order valence-electron chi connectivity index (χ0n) is 4.60. The lowest BCUT2D eigenvalue weighted by atomic mass is 10.2. The Hall–Kier alpha value is -0.790. The van der Waals surface area contributed by atoms with Crippen molar-refractivity contribution in [1.29, 1.82) is 0 Å². The molecule has 0 saturated heterocycles. The van der Waals surface area contributed by atoms with Crippen LogP contribution in [0.5, 0.6) is 0 Å². The minimum atomic E-state index is -1.16. The van der Waals surface area contributed by atoms with Crippen LogP contribution in [0.15, 0.2) is 25.0 Å². The molecule has 0 rings (SSSR count). The lowest BCUT2D eigenvalue weighted by molar-refractivity contribution is 0.321. The molecule has 0 aliphatic rings. The summed E-state index contributed by atoms with van der Waals surface area (Å²) in [6, 6.07) is 0. The molecule has 0 aliphatic carbocycles. The molecular formula is C6H9FO. The molecule has 1 atom stereocenters. The van der Waals surface area contributed by atoms with Gasteiger partial charge in [0.05, 0.1) is 5.76 Å². The molecule has 0 saturated carbocycles. The van der Waals surface area contributed by atoms with Crippen LogP contribution >= 0.6 is 0 Å². The van der Waals surface area contributed by atoms with E-state index < -0.39 is 6.17 Å². The van der Waals surface area contributed by atoms with Gasteiger partial charge < -0.3 is 5.11 Å². The fraction of sp³-hybridized carbons (Fsp3) is 0.333. The molecule has 0 aromatic carbocycles. The van der Waals surface area contributed by atoms with Crippen LogP contribution in [-0.2, 0) is 0 Å². The van der Waals surface area contributed by atoms with Gasteiger partial charge in [-0.25, -0.2) is 4.39 Å². The van der Waals surface area contributed by atoms with Gasteiger partial charge in [0.2, 0.25) is 0 Å². The predicted molar refractivity (Wildman–Crippen MR) is 31.5 cm³/mol. The summed E-state index contributed by atoms with van der Waals surface area (Å²) in [5, 5.41) is 8.37. The van der Waals surface area contributed by atoms with E-state index in [9.17, 15) is 4.39 Å². The minimum Gasteiger partial charge on any atom is -0.513 e. The Morgan fingerprint density at radius 1 is 1.88 bits per heavy atom. The van der Waals surface area contributed by atoms with Crippen LogP contribution in [0, 0.1) is 0 Å². The normalized spacial score (nSPS) is 12.6. The lowest BCUT2D eigenvalue weighted by Gasteiger charge is -1.97. The fourth-order valence-electron chi connectivity index (χ4n) is 0.308. The summed E-state index contributed by atoms with van der Waals surface area (Å²) in [5.41, 5.74) is 0. The molecule has 1 N–H and O–H groups in total. The van der Waals surface area contributed by atoms with E-state index in [0.29, 0.717) is 0 Å². The second-order valence-corrected chi connectivity index (χ2v) is 1.52. The highest BCUT2D eigenvalue weighted by Gasteiger charge is 1.99. The molecule has 0 amide bonds. The van der Waals surface area contributed by atoms with Gasteiger partial charge in [-0.05, 0) is 0 Å². The van der Waals surface area contributed by atoms with Gasteiger partial charge in [-0.3, -0.25) is 0 Å². The molecular weight excluding hydrogens is 107 g/mol. The summed E-state index contributed by atoms with van der Waals surface area (Å²) in [7, 11) is 0. The third-order valence-corrected chi connectivity index (χ3v) is 0.686. The van der Waals surface area contributed by atoms with Crippen LogP contribution in [0.4, 0.5) is 4.39 Å². The minimum absolute atomic E-state index is 0.0382. The van der Waals surface area contributed by atoms with Gasteiger partial charge in [-0.15, -0.1) is 6.58 Å². The largest absolute Gasteiger partial charge is 0.513 e. The molecule has 0 spiro atoms. The Labute approximate surface area is 48.1 Å². The van der Waals surface area contributed by atoms with Gasteiger partial charge in [0.25, 0.3) is 0 Å². The van der Waals surface area contributed by atoms with Gasteiger partial charge in [-0.2, -0.15) is 0 Å². The van der Waals surface area contributed by atoms with Crippen molar-refractivity contribution in [2.24, 2.45) is 0 Å². The van der Waals surface area contributed by atoms with Crippen molar-refractivity contribution < 1.29 is 9.50 Å². The van der Waals surface area contributed by atoms with Gasteiger partial charge >= 0.3 is 0 Å². The topological polar surface area (TPSA) is 20.2 Å². The van der Waals surface area contributed by atoms with E-state index in [1.54, 1.807) is 0 Å². The van der Waals surface area contributed by atoms with Crippen molar-refractivity contribution in [2.45, 2.75) is 12.6 Å². The molecule has 1 nitrogen and oxygen atoms in total. The van der Waals surface area contributed by atoms with Gasteiger partial charge in [-0.1, -0.05) is 12.7 Å². The summed E-state index contributed by atoms with van der Waals surface area (Å²) < 4.78 is 12.0. The van der Waals surface area contributed by atoms with Gasteiger partial charge in [0, 0.05) is 6.42 Å². The molecule has 0 aliphatic heterocycles. The summed E-state index contributed by atoms with van der Waals surface area (Å²) >= 11 is 0. The van der Waals surface area contributed by atoms with Crippen LogP contribution in [0.1, 0.15) is 6.42 Å². The molecule has 8 heavy (non-hydrogen) atoms. The number of hydrogen-bond donors (Lipinski definition) is 1. The molecule has 0 aromatic heterocycles. The summed E-state index contributed by atoms with van der Waals surface area (Å²) in [4.78, 5) is 0. The second-order valence-electron chi connectivity index (χ2n) is 1.52. The average Bonchev–Trinajstić information content (AvgIpc) is 1.65. The van der Waals surface area contributed by atoms with Gasteiger partial charge in [0.15, 0.2) is 0 Å². The molecule has 46 valence electrons. The maximum Gasteiger partial charge on any atom is 0.125 e. The number of alkyl halides is 1. The molecule has 0 fully saturated rings. The third-order valence-electron chi connectivity index (χ3n) is 0.686. The standard InChI is InChI=1S/C6H9FO/c1-3-6(7)4-5(2)8/h3,6,8H,1-2,4H2. The average molecular weight is 116 g/mol. The first-order valence-corrected chi connectivity index (χ1v) is 2.30. The smallest absolute Gasteiger partial charge is 0.125 e. The lowest BCUT2D eigenvalue weighted by Crippen LogP contribution is -1.94. The number of allylic oxidation sites excluding steroid dienone is 2. The first-order chi connectivity index (χ1) is 3.66. The number of aliphatic hydroxyl groups excluding tert-OH is 1. The van der Waals surface area contributed by atoms with E-state index in [0.717, 1.165) is 6.08 Å². The van der Waals surface area contributed by atoms with E-state index in [1.807, 2.05) is 0 Å². The van der Waals surface area contributed by atoms with E-state index >= 15 is 0 Å². The Balaban J connectivity index is 3.38. The SMILES string of the molecule is C=CC(F)CC(=C)O. The molecule has 0 bridgehead atoms. The first-order valence-electron chi connectivity index (χ1n) is 2.30. The van der Waals surface area contributed by atoms with Crippen molar-refractivity contribution in [3.8, 4) is 0 Å². The zero-order chi connectivity index (χ0) is 6.57. The summed E-state index contributed by atoms with van der Waals surface area (Å²) in [6.45, 7) is 6.30. The number of halogens is 1. The highest BCUT2D eigenvalue weighted by molar-refractivity contribution is 4.90. The zero-order valence-corrected chi connectivity index (χ0v) is 4.60. The highest BCUT2D eigenvalue weighted by atomic mass is 19.1. The molecule has 0 heterocycles. The summed E-state index contributed by atoms with van der Waals surface area (Å²) in [6.07, 6.45) is -0.0715. The van der Waals surface area contributed by atoms with Gasteiger partial charge in [0.1, 0.15) is 6.17 Å². The van der Waals surface area contributed by atoms with E-state index in [1.165, 1.54) is 0 Å². The highest BCUT2D eigenvalue weighted by Crippen LogP contribution is 2.03. The van der Waals surface area contributed by atoms with E-state index in [4.69, 9.17) is 5.11 Å². The van der Waals surface area contributed by atoms with Crippen LogP contribution in [0.2, 0.25) is 0 Å². The predicted octanol–water partition coefficient (Wildman–Crippen LogP) is 1.97. The van der Waals surface area contributed by atoms with Crippen molar-refractivity contribution in [1.82, 2.24) is 0 Å². The van der Waals surface area contributed by atoms with Crippen molar-refractivity contribution in [2.75, 3.05) is 0 Å². The van der Waals surface area contributed by atoms with E-state index in [2.05, 4.69) is 13.2 Å². The quantitative estimate of drug-likeness (QED) is 0.441. The fourth-order valence-corrected chi connectivity index (χ4v) is 0.308. The van der Waals surface area contributed by atoms with Crippen LogP contribution in [0.25, 0.3) is 0 Å². The molecule has 0 aromatic rings. The van der Waals surface area contributed by atoms with E-state index in [-0.39, 0.29) is 12.2 Å². The van der Waals surface area contributed by atoms with Crippen LogP contribution in [0.3, 0.4) is 0 Å². The third kappa shape index (κ3) is 3.40. The summed E-state index contributed by atoms with van der Waals surface area (Å²) in [5.74, 6) is -0.141. The number of hydrogen-bond acceptors (Lipinski definition) is 1. The Morgan fingerprint density at radius 2 is 2.38 bits per heavy atom. The van der Waals surface area contributed by atoms with Crippen molar-refractivity contribution in [3.05, 3.63) is 25.0 Å². The van der Waals surface area contributed by atoms with Crippen LogP contribution in [-0.4, -0.2) is 11.3 Å². The van der Waals surface area contributed by atoms with Crippen molar-refractivity contribution >= 4 is 0 Å². The number of rotatable bonds is 3. The number of aliphatic hydroxyl groups is 1. The first kappa shape index (κ1) is 7.21. The molecule has 0 radical (unpaired) electrons. The Kier molecular flexibility index (Phi) is 2.92. The maximum absolute atomic E-state index is 12.0. The molecule has 2 heteroatoms. The van der Waals surface area contributed by atoms with Crippen LogP contribution < -0.4 is 0 Å². The molecule has 1 unspecified atom stereocenters. The Morgan fingerprint density at radius 3 is 2.50 bits per heavy atom. The maximum atomic E-state index is 12.0. The monoisotopic (exact) mass is 116 g/mol. The van der Waals surface area contributed by atoms with Crippen molar-refractivity contribution in [3.63, 3.8) is 0 Å².